The quantitative estimate of drug-likeness (QED) is 0.625. The third-order valence-corrected chi connectivity index (χ3v) is 5.45. The summed E-state index contributed by atoms with van der Waals surface area (Å²) in [6.07, 6.45) is 6.27. The van der Waals surface area contributed by atoms with Gasteiger partial charge in [-0.05, 0) is 23.3 Å². The smallest absolute Gasteiger partial charge is 0.230 e. The first-order chi connectivity index (χ1) is 13.3. The molecule has 4 rings (SSSR count). The van der Waals surface area contributed by atoms with E-state index in [-0.39, 0.29) is 18.2 Å². The van der Waals surface area contributed by atoms with E-state index < -0.39 is 0 Å². The molecule has 140 valence electrons. The molecular formula is C18H20N6O2S. The molecule has 1 saturated carbocycles. The van der Waals surface area contributed by atoms with Gasteiger partial charge >= 0.3 is 0 Å². The third kappa shape index (κ3) is 4.36. The second-order valence-corrected chi connectivity index (χ2v) is 7.34. The number of oxazole rings is 1. The highest BCUT2D eigenvalue weighted by atomic mass is 32.2. The number of nitrogens with zero attached hydrogens (tertiary/aromatic N) is 5. The largest absolute Gasteiger partial charge is 0.439 e. The first-order valence-electron chi connectivity index (χ1n) is 8.97. The summed E-state index contributed by atoms with van der Waals surface area (Å²) in [5, 5.41) is 15.4. The van der Waals surface area contributed by atoms with Crippen LogP contribution in [0.2, 0.25) is 0 Å². The van der Waals surface area contributed by atoms with Crippen LogP contribution in [-0.4, -0.2) is 36.9 Å². The minimum absolute atomic E-state index is 0.111. The Bertz CT molecular complexity index is 888. The minimum atomic E-state index is -0.111. The molecule has 0 atom stereocenters. The predicted molar refractivity (Wildman–Crippen MR) is 99.8 cm³/mol. The van der Waals surface area contributed by atoms with Crippen LogP contribution in [-0.2, 0) is 11.3 Å². The van der Waals surface area contributed by atoms with Crippen LogP contribution in [0.4, 0.5) is 0 Å². The van der Waals surface area contributed by atoms with Crippen LogP contribution in [0.15, 0.2) is 46.1 Å². The number of carbonyl (C=O) groups is 1. The van der Waals surface area contributed by atoms with Crippen molar-refractivity contribution in [1.29, 1.82) is 0 Å². The maximum atomic E-state index is 12.1. The van der Waals surface area contributed by atoms with Crippen LogP contribution in [0.5, 0.6) is 0 Å². The number of hydrogen-bond donors (Lipinski definition) is 1. The zero-order chi connectivity index (χ0) is 18.5. The van der Waals surface area contributed by atoms with Gasteiger partial charge in [-0.25, -0.2) is 9.67 Å². The van der Waals surface area contributed by atoms with Crippen LogP contribution in [0.3, 0.4) is 0 Å². The lowest BCUT2D eigenvalue weighted by atomic mass is 10.2. The maximum absolute atomic E-state index is 12.1. The molecule has 0 bridgehead atoms. The molecular weight excluding hydrogens is 364 g/mol. The molecule has 1 aliphatic carbocycles. The lowest BCUT2D eigenvalue weighted by Crippen LogP contribution is -2.25. The summed E-state index contributed by atoms with van der Waals surface area (Å²) in [5.74, 6) is 1.30. The van der Waals surface area contributed by atoms with Gasteiger partial charge in [0.2, 0.25) is 17.0 Å². The molecule has 0 spiro atoms. The number of aromatic nitrogens is 5. The van der Waals surface area contributed by atoms with Crippen molar-refractivity contribution in [2.45, 2.75) is 43.4 Å². The molecule has 0 radical (unpaired) electrons. The van der Waals surface area contributed by atoms with Crippen LogP contribution in [0.1, 0.15) is 37.6 Å². The van der Waals surface area contributed by atoms with Crippen LogP contribution >= 0.6 is 11.8 Å². The number of tetrazole rings is 1. The summed E-state index contributed by atoms with van der Waals surface area (Å²) >= 11 is 1.35. The maximum Gasteiger partial charge on any atom is 0.230 e. The molecule has 2 aromatic heterocycles. The molecule has 0 aliphatic heterocycles. The van der Waals surface area contributed by atoms with Crippen molar-refractivity contribution in [3.05, 3.63) is 42.4 Å². The van der Waals surface area contributed by atoms with Gasteiger partial charge in [0.15, 0.2) is 5.76 Å². The number of nitrogens with one attached hydrogen (secondary N) is 1. The van der Waals surface area contributed by atoms with Crippen molar-refractivity contribution in [3.8, 4) is 11.3 Å². The molecule has 1 aromatic carbocycles. The van der Waals surface area contributed by atoms with Gasteiger partial charge in [0.25, 0.3) is 0 Å². The van der Waals surface area contributed by atoms with Crippen molar-refractivity contribution in [2.75, 3.05) is 5.75 Å². The van der Waals surface area contributed by atoms with Crippen molar-refractivity contribution >= 4 is 17.7 Å². The Balaban J connectivity index is 1.27. The lowest BCUT2D eigenvalue weighted by molar-refractivity contribution is -0.118. The first kappa shape index (κ1) is 17.7. The Morgan fingerprint density at radius 1 is 1.26 bits per heavy atom. The van der Waals surface area contributed by atoms with E-state index in [4.69, 9.17) is 4.42 Å². The van der Waals surface area contributed by atoms with Gasteiger partial charge in [-0.3, -0.25) is 4.79 Å². The van der Waals surface area contributed by atoms with Gasteiger partial charge in [-0.2, -0.15) is 0 Å². The van der Waals surface area contributed by atoms with Crippen LogP contribution in [0.25, 0.3) is 11.3 Å². The summed E-state index contributed by atoms with van der Waals surface area (Å²) in [4.78, 5) is 16.4. The fraction of sp³-hybridized carbons (Fsp3) is 0.389. The van der Waals surface area contributed by atoms with E-state index in [0.29, 0.717) is 22.8 Å². The van der Waals surface area contributed by atoms with Gasteiger partial charge < -0.3 is 9.73 Å². The predicted octanol–water partition coefficient (Wildman–Crippen LogP) is 2.85. The molecule has 9 heteroatoms. The first-order valence-corrected chi connectivity index (χ1v) is 9.95. The molecule has 1 aliphatic rings. The summed E-state index contributed by atoms with van der Waals surface area (Å²) in [6.45, 7) is 0.250. The fourth-order valence-electron chi connectivity index (χ4n) is 3.14. The topological polar surface area (TPSA) is 98.7 Å². The number of benzene rings is 1. The van der Waals surface area contributed by atoms with E-state index in [2.05, 4.69) is 25.8 Å². The molecule has 0 unspecified atom stereocenters. The molecule has 8 nitrogen and oxygen atoms in total. The van der Waals surface area contributed by atoms with Crippen molar-refractivity contribution in [1.82, 2.24) is 30.5 Å². The van der Waals surface area contributed by atoms with Gasteiger partial charge in [0.1, 0.15) is 0 Å². The Labute approximate surface area is 160 Å². The van der Waals surface area contributed by atoms with E-state index in [9.17, 15) is 4.79 Å². The van der Waals surface area contributed by atoms with Crippen molar-refractivity contribution < 1.29 is 9.21 Å². The fourth-order valence-corrected chi connectivity index (χ4v) is 3.92. The second kappa shape index (κ2) is 8.34. The molecule has 0 saturated heterocycles. The summed E-state index contributed by atoms with van der Waals surface area (Å²) in [7, 11) is 0. The van der Waals surface area contributed by atoms with Gasteiger partial charge in [-0.15, -0.1) is 5.10 Å². The number of carbonyl (C=O) groups excluding carboxylic acids is 1. The Morgan fingerprint density at radius 2 is 2.07 bits per heavy atom. The number of hydrogen-bond acceptors (Lipinski definition) is 7. The molecule has 2 heterocycles. The van der Waals surface area contributed by atoms with Crippen LogP contribution in [0, 0.1) is 0 Å². The van der Waals surface area contributed by atoms with E-state index in [1.165, 1.54) is 24.6 Å². The number of amides is 1. The third-order valence-electron chi connectivity index (χ3n) is 4.51. The van der Waals surface area contributed by atoms with E-state index in [0.717, 1.165) is 18.4 Å². The molecule has 1 N–H and O–H groups in total. The average molecular weight is 384 g/mol. The Morgan fingerprint density at radius 3 is 2.89 bits per heavy atom. The summed E-state index contributed by atoms with van der Waals surface area (Å²) in [6, 6.07) is 10.1. The Hall–Kier alpha value is -2.68. The lowest BCUT2D eigenvalue weighted by Gasteiger charge is -2.10. The average Bonchev–Trinajstić information content (AvgIpc) is 3.46. The normalized spacial score (nSPS) is 14.5. The highest BCUT2D eigenvalue weighted by molar-refractivity contribution is 7.99. The standard InChI is InChI=1S/C18H20N6O2S/c25-16(12-27-18-21-22-23-24(18)14-8-4-5-9-14)19-11-17-20-10-15(26-17)13-6-2-1-3-7-13/h1-3,6-7,10,14H,4-5,8-9,11-12H2,(H,19,25). The van der Waals surface area contributed by atoms with E-state index in [1.54, 1.807) is 6.20 Å². The molecule has 1 fully saturated rings. The number of thioether (sulfide) groups is 1. The number of rotatable bonds is 7. The highest BCUT2D eigenvalue weighted by Gasteiger charge is 2.22. The zero-order valence-corrected chi connectivity index (χ0v) is 15.6. The second-order valence-electron chi connectivity index (χ2n) is 6.39. The zero-order valence-electron chi connectivity index (χ0n) is 14.7. The van der Waals surface area contributed by atoms with Gasteiger partial charge in [0.05, 0.1) is 24.5 Å². The highest BCUT2D eigenvalue weighted by Crippen LogP contribution is 2.31. The monoisotopic (exact) mass is 384 g/mol. The van der Waals surface area contributed by atoms with Crippen molar-refractivity contribution in [3.63, 3.8) is 0 Å². The molecule has 27 heavy (non-hydrogen) atoms. The summed E-state index contributed by atoms with van der Waals surface area (Å²) in [5.41, 5.74) is 0.955. The van der Waals surface area contributed by atoms with E-state index >= 15 is 0 Å². The summed E-state index contributed by atoms with van der Waals surface area (Å²) < 4.78 is 7.54. The van der Waals surface area contributed by atoms with Gasteiger partial charge in [-0.1, -0.05) is 54.9 Å². The van der Waals surface area contributed by atoms with Crippen LogP contribution < -0.4 is 5.32 Å². The Kier molecular flexibility index (Phi) is 5.47. The molecule has 1 amide bonds. The van der Waals surface area contributed by atoms with Gasteiger partial charge in [0, 0.05) is 5.56 Å². The SMILES string of the molecule is O=C(CSc1nnnn1C1CCCC1)NCc1ncc(-c2ccccc2)o1. The van der Waals surface area contributed by atoms with Crippen molar-refractivity contribution in [2.24, 2.45) is 0 Å². The molecule has 3 aromatic rings. The minimum Gasteiger partial charge on any atom is -0.439 e. The van der Waals surface area contributed by atoms with E-state index in [1.807, 2.05) is 35.0 Å².